The first kappa shape index (κ1) is 12.5. The average molecular weight is 228 g/mol. The highest BCUT2D eigenvalue weighted by Gasteiger charge is 2.33. The van der Waals surface area contributed by atoms with Crippen molar-refractivity contribution in [3.8, 4) is 0 Å². The van der Waals surface area contributed by atoms with Crippen molar-refractivity contribution < 1.29 is 19.5 Å². The van der Waals surface area contributed by atoms with Gasteiger partial charge in [-0.3, -0.25) is 14.4 Å². The Morgan fingerprint density at radius 1 is 1.31 bits per heavy atom. The highest BCUT2D eigenvalue weighted by molar-refractivity contribution is 5.84. The molecule has 90 valence electrons. The molecule has 6 heteroatoms. The van der Waals surface area contributed by atoms with Crippen LogP contribution in [0, 0.1) is 5.92 Å². The van der Waals surface area contributed by atoms with E-state index in [1.807, 2.05) is 0 Å². The fraction of sp³-hybridized carbons (Fsp3) is 0.700. The molecule has 2 unspecified atom stereocenters. The summed E-state index contributed by atoms with van der Waals surface area (Å²) in [5, 5.41) is 13.9. The van der Waals surface area contributed by atoms with Gasteiger partial charge in [-0.15, -0.1) is 0 Å². The van der Waals surface area contributed by atoms with Gasteiger partial charge < -0.3 is 15.7 Å². The van der Waals surface area contributed by atoms with E-state index in [0.29, 0.717) is 12.8 Å². The van der Waals surface area contributed by atoms with Crippen molar-refractivity contribution in [1.82, 2.24) is 10.6 Å². The lowest BCUT2D eigenvalue weighted by atomic mass is 10.0. The van der Waals surface area contributed by atoms with Gasteiger partial charge in [-0.1, -0.05) is 6.42 Å². The summed E-state index contributed by atoms with van der Waals surface area (Å²) < 4.78 is 0. The molecule has 0 heterocycles. The highest BCUT2D eigenvalue weighted by atomic mass is 16.4. The van der Waals surface area contributed by atoms with Crippen LogP contribution in [-0.2, 0) is 14.4 Å². The second-order valence-corrected chi connectivity index (χ2v) is 3.96. The van der Waals surface area contributed by atoms with Crippen LogP contribution in [-0.4, -0.2) is 35.5 Å². The second-order valence-electron chi connectivity index (χ2n) is 3.96. The van der Waals surface area contributed by atoms with E-state index in [2.05, 4.69) is 10.6 Å². The van der Waals surface area contributed by atoms with Crippen LogP contribution in [0.15, 0.2) is 0 Å². The summed E-state index contributed by atoms with van der Waals surface area (Å²) in [6, 6.07) is -0.307. The Morgan fingerprint density at radius 2 is 2.00 bits per heavy atom. The molecule has 6 nitrogen and oxygen atoms in total. The summed E-state index contributed by atoms with van der Waals surface area (Å²) in [7, 11) is 0. The fourth-order valence-corrected chi connectivity index (χ4v) is 1.89. The molecule has 0 aromatic rings. The molecule has 2 atom stereocenters. The van der Waals surface area contributed by atoms with Crippen LogP contribution < -0.4 is 10.6 Å². The first-order chi connectivity index (χ1) is 7.50. The monoisotopic (exact) mass is 228 g/mol. The molecule has 0 radical (unpaired) electrons. The molecule has 1 fully saturated rings. The second kappa shape index (κ2) is 5.48. The lowest BCUT2D eigenvalue weighted by Crippen LogP contribution is -2.44. The zero-order chi connectivity index (χ0) is 12.1. The molecule has 0 saturated heterocycles. The molecule has 0 spiro atoms. The quantitative estimate of drug-likeness (QED) is 0.604. The van der Waals surface area contributed by atoms with Crippen molar-refractivity contribution in [2.24, 2.45) is 5.92 Å². The van der Waals surface area contributed by atoms with Gasteiger partial charge in [0.25, 0.3) is 0 Å². The SMILES string of the molecule is CC(=O)NCC(=O)NC1CCCC1C(=O)O. The van der Waals surface area contributed by atoms with Gasteiger partial charge in [0.15, 0.2) is 0 Å². The molecule has 1 rings (SSSR count). The van der Waals surface area contributed by atoms with E-state index in [0.717, 1.165) is 6.42 Å². The van der Waals surface area contributed by atoms with Gasteiger partial charge in [0, 0.05) is 13.0 Å². The number of hydrogen-bond donors (Lipinski definition) is 3. The van der Waals surface area contributed by atoms with E-state index in [1.54, 1.807) is 0 Å². The number of carbonyl (C=O) groups is 3. The number of carbonyl (C=O) groups excluding carboxylic acids is 2. The van der Waals surface area contributed by atoms with Crippen molar-refractivity contribution in [2.75, 3.05) is 6.54 Å². The maximum Gasteiger partial charge on any atom is 0.308 e. The van der Waals surface area contributed by atoms with Gasteiger partial charge in [0.2, 0.25) is 11.8 Å². The topological polar surface area (TPSA) is 95.5 Å². The number of aliphatic carboxylic acids is 1. The molecule has 1 saturated carbocycles. The lowest BCUT2D eigenvalue weighted by molar-refractivity contribution is -0.142. The number of carboxylic acid groups (broad SMARTS) is 1. The molecule has 2 amide bonds. The minimum Gasteiger partial charge on any atom is -0.481 e. The van der Waals surface area contributed by atoms with Crippen LogP contribution in [0.4, 0.5) is 0 Å². The van der Waals surface area contributed by atoms with Gasteiger partial charge in [-0.05, 0) is 12.8 Å². The predicted molar refractivity (Wildman–Crippen MR) is 55.6 cm³/mol. The summed E-state index contributed by atoms with van der Waals surface area (Å²) in [5.41, 5.74) is 0. The van der Waals surface area contributed by atoms with Gasteiger partial charge in [0.1, 0.15) is 0 Å². The number of amides is 2. The summed E-state index contributed by atoms with van der Waals surface area (Å²) in [6.45, 7) is 1.22. The van der Waals surface area contributed by atoms with Gasteiger partial charge in [-0.25, -0.2) is 0 Å². The molecular formula is C10H16N2O4. The van der Waals surface area contributed by atoms with Gasteiger partial charge >= 0.3 is 5.97 Å². The Balaban J connectivity index is 2.38. The van der Waals surface area contributed by atoms with Crippen molar-refractivity contribution in [3.05, 3.63) is 0 Å². The van der Waals surface area contributed by atoms with Crippen molar-refractivity contribution in [3.63, 3.8) is 0 Å². The molecular weight excluding hydrogens is 212 g/mol. The Labute approximate surface area is 93.4 Å². The van der Waals surface area contributed by atoms with Gasteiger partial charge in [-0.2, -0.15) is 0 Å². The maximum absolute atomic E-state index is 11.4. The third-order valence-electron chi connectivity index (χ3n) is 2.68. The van der Waals surface area contributed by atoms with E-state index in [4.69, 9.17) is 5.11 Å². The molecule has 1 aliphatic carbocycles. The van der Waals surface area contributed by atoms with Crippen LogP contribution in [0.25, 0.3) is 0 Å². The molecule has 16 heavy (non-hydrogen) atoms. The van der Waals surface area contributed by atoms with Crippen LogP contribution in [0.5, 0.6) is 0 Å². The summed E-state index contributed by atoms with van der Waals surface area (Å²) in [6.07, 6.45) is 2.09. The van der Waals surface area contributed by atoms with E-state index in [1.165, 1.54) is 6.92 Å². The number of nitrogens with one attached hydrogen (secondary N) is 2. The van der Waals surface area contributed by atoms with Crippen LogP contribution in [0.2, 0.25) is 0 Å². The third kappa shape index (κ3) is 3.52. The molecule has 0 bridgehead atoms. The Kier molecular flexibility index (Phi) is 4.28. The van der Waals surface area contributed by atoms with E-state index < -0.39 is 11.9 Å². The Hall–Kier alpha value is -1.59. The van der Waals surface area contributed by atoms with E-state index in [9.17, 15) is 14.4 Å². The van der Waals surface area contributed by atoms with Crippen LogP contribution in [0.3, 0.4) is 0 Å². The van der Waals surface area contributed by atoms with Crippen LogP contribution in [0.1, 0.15) is 26.2 Å². The average Bonchev–Trinajstić information content (AvgIpc) is 2.62. The summed E-state index contributed by atoms with van der Waals surface area (Å²) in [5.74, 6) is -1.99. The van der Waals surface area contributed by atoms with Crippen LogP contribution >= 0.6 is 0 Å². The largest absolute Gasteiger partial charge is 0.481 e. The molecule has 1 aliphatic rings. The first-order valence-corrected chi connectivity index (χ1v) is 5.27. The predicted octanol–water partition coefficient (Wildman–Crippen LogP) is -0.508. The molecule has 3 N–H and O–H groups in total. The zero-order valence-electron chi connectivity index (χ0n) is 9.16. The van der Waals surface area contributed by atoms with E-state index >= 15 is 0 Å². The van der Waals surface area contributed by atoms with Crippen molar-refractivity contribution in [2.45, 2.75) is 32.2 Å². The zero-order valence-corrected chi connectivity index (χ0v) is 9.16. The molecule has 0 aromatic heterocycles. The summed E-state index contributed by atoms with van der Waals surface area (Å²) in [4.78, 5) is 32.8. The number of carboxylic acids is 1. The maximum atomic E-state index is 11.4. The van der Waals surface area contributed by atoms with Gasteiger partial charge in [0.05, 0.1) is 12.5 Å². The Morgan fingerprint density at radius 3 is 2.56 bits per heavy atom. The standard InChI is InChI=1S/C10H16N2O4/c1-6(13)11-5-9(14)12-8-4-2-3-7(8)10(15)16/h7-8H,2-5H2,1H3,(H,11,13)(H,12,14)(H,15,16). The normalized spacial score (nSPS) is 23.8. The fourth-order valence-electron chi connectivity index (χ4n) is 1.89. The van der Waals surface area contributed by atoms with Crippen molar-refractivity contribution >= 4 is 17.8 Å². The minimum absolute atomic E-state index is 0.0990. The molecule has 0 aliphatic heterocycles. The Bertz CT molecular complexity index is 303. The van der Waals surface area contributed by atoms with Crippen molar-refractivity contribution in [1.29, 1.82) is 0 Å². The number of hydrogen-bond acceptors (Lipinski definition) is 3. The highest BCUT2D eigenvalue weighted by Crippen LogP contribution is 2.25. The third-order valence-corrected chi connectivity index (χ3v) is 2.68. The number of rotatable bonds is 4. The minimum atomic E-state index is -0.873. The van der Waals surface area contributed by atoms with E-state index in [-0.39, 0.29) is 24.4 Å². The molecule has 0 aromatic carbocycles. The lowest BCUT2D eigenvalue weighted by Gasteiger charge is -2.17. The summed E-state index contributed by atoms with van der Waals surface area (Å²) >= 11 is 0. The first-order valence-electron chi connectivity index (χ1n) is 5.27. The smallest absolute Gasteiger partial charge is 0.308 e.